The van der Waals surface area contributed by atoms with Gasteiger partial charge in [-0.15, -0.1) is 0 Å². The molecular formula is C15H12F3N3O4. The minimum absolute atomic E-state index is 0.167. The zero-order chi connectivity index (χ0) is 17.9. The van der Waals surface area contributed by atoms with Gasteiger partial charge in [0.2, 0.25) is 5.82 Å². The normalized spacial score (nSPS) is 14.3. The molecule has 1 aromatic carbocycles. The standard InChI is InChI=1S/C15H12F3N3O4/c16-15(17,18)14-20-12(21-25-14)9-1-3-10(4-2-9)13(22)19-7-11-8-23-5-6-24-11/h1-4,8H,5-7H2,(H,19,22). The lowest BCUT2D eigenvalue weighted by molar-refractivity contribution is -0.159. The molecule has 0 atom stereocenters. The van der Waals surface area contributed by atoms with Crippen LogP contribution in [0.25, 0.3) is 11.4 Å². The molecule has 7 nitrogen and oxygen atoms in total. The fraction of sp³-hybridized carbons (Fsp3) is 0.267. The molecule has 1 aliphatic rings. The van der Waals surface area contributed by atoms with Crippen molar-refractivity contribution in [3.8, 4) is 11.4 Å². The minimum Gasteiger partial charge on any atom is -0.494 e. The van der Waals surface area contributed by atoms with Crippen LogP contribution >= 0.6 is 0 Å². The summed E-state index contributed by atoms with van der Waals surface area (Å²) in [5.74, 6) is -1.50. The Balaban J connectivity index is 1.64. The van der Waals surface area contributed by atoms with Crippen LogP contribution in [0.2, 0.25) is 0 Å². The number of aromatic nitrogens is 2. The number of rotatable bonds is 4. The van der Waals surface area contributed by atoms with Gasteiger partial charge in [-0.3, -0.25) is 4.79 Å². The van der Waals surface area contributed by atoms with Crippen molar-refractivity contribution in [2.45, 2.75) is 6.18 Å². The summed E-state index contributed by atoms with van der Waals surface area (Å²) in [6, 6.07) is 5.75. The fourth-order valence-electron chi connectivity index (χ4n) is 2.00. The van der Waals surface area contributed by atoms with Gasteiger partial charge >= 0.3 is 12.1 Å². The molecule has 1 amide bonds. The number of nitrogens with one attached hydrogen (secondary N) is 1. The molecule has 3 rings (SSSR count). The van der Waals surface area contributed by atoms with Gasteiger partial charge in [0.25, 0.3) is 5.91 Å². The summed E-state index contributed by atoms with van der Waals surface area (Å²) >= 11 is 0. The van der Waals surface area contributed by atoms with Crippen LogP contribution in [0.15, 0.2) is 40.8 Å². The molecule has 0 saturated carbocycles. The lowest BCUT2D eigenvalue weighted by atomic mass is 10.1. The number of alkyl halides is 3. The number of carbonyl (C=O) groups is 1. The van der Waals surface area contributed by atoms with Gasteiger partial charge in [-0.2, -0.15) is 18.2 Å². The van der Waals surface area contributed by atoms with Gasteiger partial charge < -0.3 is 19.3 Å². The van der Waals surface area contributed by atoms with Crippen LogP contribution in [-0.2, 0) is 15.7 Å². The molecule has 10 heteroatoms. The summed E-state index contributed by atoms with van der Waals surface area (Å²) in [7, 11) is 0. The second kappa shape index (κ2) is 6.83. The number of ether oxygens (including phenoxy) is 2. The van der Waals surface area contributed by atoms with E-state index in [1.54, 1.807) is 0 Å². The van der Waals surface area contributed by atoms with Crippen LogP contribution < -0.4 is 5.32 Å². The summed E-state index contributed by atoms with van der Waals surface area (Å²) in [4.78, 5) is 15.3. The Morgan fingerprint density at radius 1 is 1.20 bits per heavy atom. The summed E-state index contributed by atoms with van der Waals surface area (Å²) in [5, 5.41) is 5.92. The topological polar surface area (TPSA) is 86.5 Å². The van der Waals surface area contributed by atoms with Gasteiger partial charge in [-0.1, -0.05) is 17.3 Å². The number of benzene rings is 1. The Bertz CT molecular complexity index is 784. The van der Waals surface area contributed by atoms with Gasteiger partial charge in [-0.25, -0.2) is 0 Å². The first-order valence-corrected chi connectivity index (χ1v) is 7.16. The molecule has 0 fully saturated rings. The van der Waals surface area contributed by atoms with Crippen molar-refractivity contribution in [1.82, 2.24) is 15.5 Å². The monoisotopic (exact) mass is 355 g/mol. The highest BCUT2D eigenvalue weighted by Crippen LogP contribution is 2.29. The van der Waals surface area contributed by atoms with E-state index in [9.17, 15) is 18.0 Å². The quantitative estimate of drug-likeness (QED) is 0.906. The highest BCUT2D eigenvalue weighted by molar-refractivity contribution is 5.94. The van der Waals surface area contributed by atoms with Crippen molar-refractivity contribution in [2.75, 3.05) is 19.8 Å². The molecular weight excluding hydrogens is 343 g/mol. The molecule has 0 saturated heterocycles. The van der Waals surface area contributed by atoms with Crippen LogP contribution in [0.3, 0.4) is 0 Å². The number of amides is 1. The van der Waals surface area contributed by atoms with Crippen LogP contribution in [0.4, 0.5) is 13.2 Å². The third kappa shape index (κ3) is 4.08. The van der Waals surface area contributed by atoms with Crippen LogP contribution in [-0.4, -0.2) is 35.8 Å². The van der Waals surface area contributed by atoms with Gasteiger partial charge in [0, 0.05) is 11.1 Å². The number of halogens is 3. The van der Waals surface area contributed by atoms with Gasteiger partial charge in [0.1, 0.15) is 25.2 Å². The molecule has 0 aliphatic carbocycles. The number of hydrogen-bond acceptors (Lipinski definition) is 6. The van der Waals surface area contributed by atoms with Crippen LogP contribution in [0.5, 0.6) is 0 Å². The predicted molar refractivity (Wildman–Crippen MR) is 77.1 cm³/mol. The summed E-state index contributed by atoms with van der Waals surface area (Å²) in [5.41, 5.74) is 0.614. The Hall–Kier alpha value is -3.04. The van der Waals surface area contributed by atoms with Crippen molar-refractivity contribution in [1.29, 1.82) is 0 Å². The molecule has 0 unspecified atom stereocenters. The van der Waals surface area contributed by atoms with E-state index in [1.165, 1.54) is 30.5 Å². The van der Waals surface area contributed by atoms with Crippen molar-refractivity contribution < 1.29 is 32.0 Å². The van der Waals surface area contributed by atoms with E-state index in [4.69, 9.17) is 9.47 Å². The third-order valence-corrected chi connectivity index (χ3v) is 3.20. The zero-order valence-corrected chi connectivity index (χ0v) is 12.7. The molecule has 1 N–H and O–H groups in total. The van der Waals surface area contributed by atoms with E-state index < -0.39 is 12.1 Å². The molecule has 2 heterocycles. The Morgan fingerprint density at radius 3 is 2.56 bits per heavy atom. The molecule has 0 spiro atoms. The average molecular weight is 355 g/mol. The first-order chi connectivity index (χ1) is 11.9. The SMILES string of the molecule is O=C(NCC1=COCCO1)c1ccc(-c2noc(C(F)(F)F)n2)cc1. The Kier molecular flexibility index (Phi) is 4.59. The molecule has 2 aromatic rings. The second-order valence-corrected chi connectivity index (χ2v) is 4.98. The summed E-state index contributed by atoms with van der Waals surface area (Å²) < 4.78 is 51.9. The van der Waals surface area contributed by atoms with E-state index in [1.807, 2.05) is 0 Å². The highest BCUT2D eigenvalue weighted by atomic mass is 19.4. The lowest BCUT2D eigenvalue weighted by Crippen LogP contribution is -2.27. The highest BCUT2D eigenvalue weighted by Gasteiger charge is 2.38. The van der Waals surface area contributed by atoms with Gasteiger partial charge in [0.15, 0.2) is 0 Å². The molecule has 1 aromatic heterocycles. The maximum absolute atomic E-state index is 12.5. The van der Waals surface area contributed by atoms with E-state index in [0.29, 0.717) is 30.1 Å². The second-order valence-electron chi connectivity index (χ2n) is 4.98. The molecule has 1 aliphatic heterocycles. The van der Waals surface area contributed by atoms with E-state index in [-0.39, 0.29) is 18.3 Å². The van der Waals surface area contributed by atoms with Gasteiger partial charge in [0.05, 0.1) is 6.54 Å². The molecule has 25 heavy (non-hydrogen) atoms. The van der Waals surface area contributed by atoms with Crippen molar-refractivity contribution in [3.63, 3.8) is 0 Å². The largest absolute Gasteiger partial charge is 0.494 e. The molecule has 0 radical (unpaired) electrons. The van der Waals surface area contributed by atoms with E-state index in [0.717, 1.165) is 0 Å². The van der Waals surface area contributed by atoms with E-state index in [2.05, 4.69) is 20.0 Å². The fourth-order valence-corrected chi connectivity index (χ4v) is 2.00. The third-order valence-electron chi connectivity index (χ3n) is 3.20. The maximum Gasteiger partial charge on any atom is 0.471 e. The lowest BCUT2D eigenvalue weighted by Gasteiger charge is -2.15. The minimum atomic E-state index is -4.70. The Morgan fingerprint density at radius 2 is 1.96 bits per heavy atom. The maximum atomic E-state index is 12.5. The molecule has 0 bridgehead atoms. The Labute approximate surface area is 139 Å². The smallest absolute Gasteiger partial charge is 0.471 e. The van der Waals surface area contributed by atoms with Crippen molar-refractivity contribution in [2.24, 2.45) is 0 Å². The van der Waals surface area contributed by atoms with Crippen LogP contribution in [0, 0.1) is 0 Å². The average Bonchev–Trinajstić information content (AvgIpc) is 3.11. The first kappa shape index (κ1) is 16.8. The molecule has 132 valence electrons. The number of carbonyl (C=O) groups excluding carboxylic acids is 1. The van der Waals surface area contributed by atoms with Crippen LogP contribution in [0.1, 0.15) is 16.2 Å². The number of hydrogen-bond donors (Lipinski definition) is 1. The first-order valence-electron chi connectivity index (χ1n) is 7.16. The predicted octanol–water partition coefficient (Wildman–Crippen LogP) is 2.37. The van der Waals surface area contributed by atoms with Gasteiger partial charge in [-0.05, 0) is 12.1 Å². The summed E-state index contributed by atoms with van der Waals surface area (Å²) in [6.45, 7) is 1.05. The summed E-state index contributed by atoms with van der Waals surface area (Å²) in [6.07, 6.45) is -3.27. The zero-order valence-electron chi connectivity index (χ0n) is 12.7. The van der Waals surface area contributed by atoms with E-state index >= 15 is 0 Å². The number of nitrogens with zero attached hydrogens (tertiary/aromatic N) is 2. The van der Waals surface area contributed by atoms with Crippen molar-refractivity contribution >= 4 is 5.91 Å². The van der Waals surface area contributed by atoms with Crippen molar-refractivity contribution in [3.05, 3.63) is 47.7 Å².